The molecule has 6 nitrogen and oxygen atoms in total. The third-order valence-corrected chi connectivity index (χ3v) is 5.56. The van der Waals surface area contributed by atoms with E-state index in [9.17, 15) is 9.00 Å². The molecule has 1 aromatic heterocycles. The Balaban J connectivity index is 1.73. The number of piperidine rings is 1. The second-order valence-corrected chi connectivity index (χ2v) is 8.86. The molecular weight excluding hydrogens is 338 g/mol. The van der Waals surface area contributed by atoms with Crippen LogP contribution in [0.15, 0.2) is 35.5 Å². The highest BCUT2D eigenvalue weighted by Crippen LogP contribution is 2.22. The molecule has 1 aliphatic heterocycles. The summed E-state index contributed by atoms with van der Waals surface area (Å²) in [6.07, 6.45) is 2.82. The number of benzene rings is 1. The van der Waals surface area contributed by atoms with E-state index in [0.29, 0.717) is 18.1 Å². The van der Waals surface area contributed by atoms with Gasteiger partial charge in [-0.1, -0.05) is 12.1 Å². The number of hydrogen-bond donors (Lipinski definition) is 0. The predicted octanol–water partition coefficient (Wildman–Crippen LogP) is 3.14. The van der Waals surface area contributed by atoms with Gasteiger partial charge >= 0.3 is 6.09 Å². The van der Waals surface area contributed by atoms with Crippen LogP contribution in [0, 0.1) is 0 Å². The highest BCUT2D eigenvalue weighted by atomic mass is 32.2. The first-order valence-corrected chi connectivity index (χ1v) is 9.65. The fourth-order valence-corrected chi connectivity index (χ4v) is 4.20. The van der Waals surface area contributed by atoms with Gasteiger partial charge in [-0.2, -0.15) is 0 Å². The molecular formula is C18H23N3O3S. The number of ether oxygens (including phenoxy) is 1. The second kappa shape index (κ2) is 7.07. The minimum Gasteiger partial charge on any atom is -0.444 e. The molecule has 0 bridgehead atoms. The van der Waals surface area contributed by atoms with Gasteiger partial charge in [-0.05, 0) is 45.7 Å². The highest BCUT2D eigenvalue weighted by molar-refractivity contribution is 7.85. The van der Waals surface area contributed by atoms with Crippen molar-refractivity contribution in [2.24, 2.45) is 0 Å². The van der Waals surface area contributed by atoms with E-state index in [-0.39, 0.29) is 11.3 Å². The Morgan fingerprint density at radius 2 is 2.00 bits per heavy atom. The Bertz CT molecular complexity index is 803. The molecule has 7 heteroatoms. The minimum absolute atomic E-state index is 0.156. The largest absolute Gasteiger partial charge is 0.444 e. The van der Waals surface area contributed by atoms with Crippen LogP contribution in [0.2, 0.25) is 0 Å². The average Bonchev–Trinajstić information content (AvgIpc) is 2.59. The summed E-state index contributed by atoms with van der Waals surface area (Å²) in [6, 6.07) is 7.51. The summed E-state index contributed by atoms with van der Waals surface area (Å²) in [5.74, 6) is 0. The van der Waals surface area contributed by atoms with Crippen molar-refractivity contribution >= 4 is 27.9 Å². The van der Waals surface area contributed by atoms with Crippen LogP contribution in [0.3, 0.4) is 0 Å². The van der Waals surface area contributed by atoms with Crippen molar-refractivity contribution in [1.82, 2.24) is 14.9 Å². The third-order valence-electron chi connectivity index (χ3n) is 3.97. The minimum atomic E-state index is -1.31. The maximum Gasteiger partial charge on any atom is 0.410 e. The number of amides is 1. The molecule has 0 radical (unpaired) electrons. The molecule has 0 aliphatic carbocycles. The first-order chi connectivity index (χ1) is 11.8. The molecule has 1 saturated heterocycles. The van der Waals surface area contributed by atoms with Gasteiger partial charge in [-0.3, -0.25) is 9.19 Å². The number of para-hydroxylation sites is 2. The SMILES string of the molecule is CC(C)(C)OC(=O)N1CCC[C@H]([S@@](=O)c2cnc3ccccc3n2)C1. The van der Waals surface area contributed by atoms with Crippen molar-refractivity contribution in [3.63, 3.8) is 0 Å². The number of hydrogen-bond acceptors (Lipinski definition) is 5. The lowest BCUT2D eigenvalue weighted by Crippen LogP contribution is -2.45. The summed E-state index contributed by atoms with van der Waals surface area (Å²) >= 11 is 0. The molecule has 0 unspecified atom stereocenters. The number of rotatable bonds is 2. The summed E-state index contributed by atoms with van der Waals surface area (Å²) in [6.45, 7) is 6.57. The van der Waals surface area contributed by atoms with Crippen LogP contribution in [-0.2, 0) is 15.5 Å². The zero-order chi connectivity index (χ0) is 18.0. The number of carbonyl (C=O) groups is 1. The number of fused-ring (bicyclic) bond motifs is 1. The lowest BCUT2D eigenvalue weighted by molar-refractivity contribution is 0.0219. The quantitative estimate of drug-likeness (QED) is 0.822. The maximum absolute atomic E-state index is 12.9. The van der Waals surface area contributed by atoms with Crippen molar-refractivity contribution in [2.75, 3.05) is 13.1 Å². The van der Waals surface area contributed by atoms with Crippen molar-refractivity contribution in [3.05, 3.63) is 30.5 Å². The van der Waals surface area contributed by atoms with E-state index >= 15 is 0 Å². The molecule has 25 heavy (non-hydrogen) atoms. The Kier molecular flexibility index (Phi) is 5.03. The maximum atomic E-state index is 12.9. The Morgan fingerprint density at radius 1 is 1.28 bits per heavy atom. The number of nitrogens with zero attached hydrogens (tertiary/aromatic N) is 3. The van der Waals surface area contributed by atoms with Gasteiger partial charge in [0.25, 0.3) is 0 Å². The van der Waals surface area contributed by atoms with Gasteiger partial charge in [0.1, 0.15) is 10.6 Å². The topological polar surface area (TPSA) is 72.4 Å². The summed E-state index contributed by atoms with van der Waals surface area (Å²) in [7, 11) is -1.31. The van der Waals surface area contributed by atoms with E-state index < -0.39 is 16.4 Å². The number of aromatic nitrogens is 2. The fraction of sp³-hybridized carbons (Fsp3) is 0.500. The zero-order valence-electron chi connectivity index (χ0n) is 14.8. The molecule has 1 aliphatic rings. The molecule has 1 amide bonds. The van der Waals surface area contributed by atoms with Crippen LogP contribution >= 0.6 is 0 Å². The lowest BCUT2D eigenvalue weighted by atomic mass is 10.1. The van der Waals surface area contributed by atoms with E-state index in [4.69, 9.17) is 4.74 Å². The Labute approximate surface area is 150 Å². The molecule has 2 atom stereocenters. The second-order valence-electron chi connectivity index (χ2n) is 7.18. The van der Waals surface area contributed by atoms with Crippen molar-refractivity contribution in [2.45, 2.75) is 49.5 Å². The van der Waals surface area contributed by atoms with Gasteiger partial charge in [0.05, 0.1) is 33.3 Å². The van der Waals surface area contributed by atoms with E-state index in [1.54, 1.807) is 11.1 Å². The zero-order valence-corrected chi connectivity index (χ0v) is 15.6. The molecule has 1 fully saturated rings. The van der Waals surface area contributed by atoms with Gasteiger partial charge in [-0.25, -0.2) is 9.78 Å². The van der Waals surface area contributed by atoms with Crippen LogP contribution in [-0.4, -0.2) is 49.1 Å². The summed E-state index contributed by atoms with van der Waals surface area (Å²) in [5.41, 5.74) is 0.975. The summed E-state index contributed by atoms with van der Waals surface area (Å²) in [5, 5.41) is 0.312. The summed E-state index contributed by atoms with van der Waals surface area (Å²) in [4.78, 5) is 22.7. The van der Waals surface area contributed by atoms with Crippen molar-refractivity contribution in [1.29, 1.82) is 0 Å². The molecule has 0 spiro atoms. The summed E-state index contributed by atoms with van der Waals surface area (Å²) < 4.78 is 18.4. The normalized spacial score (nSPS) is 19.6. The van der Waals surface area contributed by atoms with E-state index in [1.165, 1.54) is 0 Å². The number of likely N-dealkylation sites (tertiary alicyclic amines) is 1. The Hall–Kier alpha value is -2.02. The van der Waals surface area contributed by atoms with Crippen LogP contribution in [0.1, 0.15) is 33.6 Å². The van der Waals surface area contributed by atoms with Crippen molar-refractivity contribution in [3.8, 4) is 0 Å². The van der Waals surface area contributed by atoms with Gasteiger partial charge < -0.3 is 9.64 Å². The molecule has 0 N–H and O–H groups in total. The third kappa shape index (κ3) is 4.34. The van der Waals surface area contributed by atoms with Crippen LogP contribution in [0.5, 0.6) is 0 Å². The van der Waals surface area contributed by atoms with Crippen molar-refractivity contribution < 1.29 is 13.7 Å². The lowest BCUT2D eigenvalue weighted by Gasteiger charge is -2.33. The van der Waals surface area contributed by atoms with Crippen LogP contribution in [0.4, 0.5) is 4.79 Å². The molecule has 3 rings (SSSR count). The van der Waals surface area contributed by atoms with Gasteiger partial charge in [0.2, 0.25) is 0 Å². The molecule has 0 saturated carbocycles. The van der Waals surface area contributed by atoms with Gasteiger partial charge in [0.15, 0.2) is 0 Å². The predicted molar refractivity (Wildman–Crippen MR) is 96.8 cm³/mol. The first-order valence-electron chi connectivity index (χ1n) is 8.44. The fourth-order valence-electron chi connectivity index (χ4n) is 2.81. The van der Waals surface area contributed by atoms with Crippen LogP contribution in [0.25, 0.3) is 11.0 Å². The van der Waals surface area contributed by atoms with Crippen LogP contribution < -0.4 is 0 Å². The highest BCUT2D eigenvalue weighted by Gasteiger charge is 2.31. The monoisotopic (exact) mass is 361 g/mol. The molecule has 2 aromatic rings. The molecule has 2 heterocycles. The Morgan fingerprint density at radius 3 is 2.72 bits per heavy atom. The number of carbonyl (C=O) groups excluding carboxylic acids is 1. The van der Waals surface area contributed by atoms with E-state index in [2.05, 4.69) is 9.97 Å². The molecule has 134 valence electrons. The van der Waals surface area contributed by atoms with Gasteiger partial charge in [0, 0.05) is 13.1 Å². The van der Waals surface area contributed by atoms with E-state index in [1.807, 2.05) is 45.0 Å². The van der Waals surface area contributed by atoms with Gasteiger partial charge in [-0.15, -0.1) is 0 Å². The van der Waals surface area contributed by atoms with E-state index in [0.717, 1.165) is 23.9 Å². The smallest absolute Gasteiger partial charge is 0.410 e. The standard InChI is InChI=1S/C18H23N3O3S/c1-18(2,3)24-17(22)21-10-6-7-13(12-21)25(23)16-11-19-14-8-4-5-9-15(14)20-16/h4-5,8-9,11,13H,6-7,10,12H2,1-3H3/t13-,25+/m0/s1. The molecule has 1 aromatic carbocycles. The average molecular weight is 361 g/mol. The first kappa shape index (κ1) is 17.8.